The Hall–Kier alpha value is -2.77. The molecular formula is C26H28ClFN4O2. The Kier molecular flexibility index (Phi) is 6.66. The van der Waals surface area contributed by atoms with Crippen LogP contribution >= 0.6 is 11.6 Å². The zero-order valence-electron chi connectivity index (χ0n) is 18.9. The molecule has 2 heterocycles. The quantitative estimate of drug-likeness (QED) is 0.555. The standard InChI is InChI=1S/C26H28ClFN4O2/c27-20-10-6-18(7-11-20)23-14-25(33)24(16-31(23)26(34)19-4-2-1-3-5-19)32-15-22(29-30-32)17-8-12-21(28)13-9-17/h6-13,15,19,23-25,33H,1-5,14,16H2/t23-,24+,25+/m1/s1. The Morgan fingerprint density at radius 2 is 1.74 bits per heavy atom. The van der Waals surface area contributed by atoms with Crippen LogP contribution in [0.5, 0.6) is 0 Å². The minimum Gasteiger partial charge on any atom is -0.391 e. The predicted molar refractivity (Wildman–Crippen MR) is 128 cm³/mol. The number of aliphatic hydroxyl groups excluding tert-OH is 1. The van der Waals surface area contributed by atoms with Crippen molar-refractivity contribution < 1.29 is 14.3 Å². The number of amides is 1. The van der Waals surface area contributed by atoms with E-state index in [-0.39, 0.29) is 23.7 Å². The van der Waals surface area contributed by atoms with Gasteiger partial charge in [0.05, 0.1) is 24.4 Å². The minimum absolute atomic E-state index is 0.0185. The Bertz CT molecular complexity index is 1130. The van der Waals surface area contributed by atoms with Crippen LogP contribution in [0.25, 0.3) is 11.3 Å². The number of benzene rings is 2. The van der Waals surface area contributed by atoms with E-state index in [2.05, 4.69) is 10.3 Å². The van der Waals surface area contributed by atoms with Gasteiger partial charge in [-0.2, -0.15) is 0 Å². The van der Waals surface area contributed by atoms with Crippen LogP contribution in [-0.4, -0.2) is 43.6 Å². The van der Waals surface area contributed by atoms with E-state index < -0.39 is 12.1 Å². The first-order chi connectivity index (χ1) is 16.5. The lowest BCUT2D eigenvalue weighted by atomic mass is 9.85. The number of hydrogen-bond donors (Lipinski definition) is 1. The summed E-state index contributed by atoms with van der Waals surface area (Å²) >= 11 is 6.10. The molecule has 1 aromatic heterocycles. The number of carbonyl (C=O) groups is 1. The fourth-order valence-electron chi connectivity index (χ4n) is 5.24. The van der Waals surface area contributed by atoms with Crippen molar-refractivity contribution in [2.24, 2.45) is 5.92 Å². The Labute approximate surface area is 203 Å². The van der Waals surface area contributed by atoms with Gasteiger partial charge in [-0.1, -0.05) is 48.2 Å². The molecule has 2 aliphatic rings. The average molecular weight is 483 g/mol. The molecule has 3 aromatic rings. The van der Waals surface area contributed by atoms with Crippen LogP contribution in [0.4, 0.5) is 4.39 Å². The van der Waals surface area contributed by atoms with E-state index in [1.807, 2.05) is 29.2 Å². The first-order valence-electron chi connectivity index (χ1n) is 11.9. The van der Waals surface area contributed by atoms with Gasteiger partial charge in [0.1, 0.15) is 11.5 Å². The Morgan fingerprint density at radius 3 is 2.44 bits per heavy atom. The summed E-state index contributed by atoms with van der Waals surface area (Å²) in [5, 5.41) is 20.3. The highest BCUT2D eigenvalue weighted by atomic mass is 35.5. The second-order valence-corrected chi connectivity index (χ2v) is 9.79. The molecule has 1 aliphatic heterocycles. The molecule has 34 heavy (non-hydrogen) atoms. The van der Waals surface area contributed by atoms with Crippen LogP contribution < -0.4 is 0 Å². The molecule has 1 saturated heterocycles. The molecule has 178 valence electrons. The molecular weight excluding hydrogens is 455 g/mol. The number of halogens is 2. The molecule has 1 amide bonds. The van der Waals surface area contributed by atoms with E-state index in [1.165, 1.54) is 18.6 Å². The predicted octanol–water partition coefficient (Wildman–Crippen LogP) is 5.19. The van der Waals surface area contributed by atoms with Gasteiger partial charge in [0, 0.05) is 29.5 Å². The lowest BCUT2D eigenvalue weighted by Crippen LogP contribution is -2.50. The number of carbonyl (C=O) groups excluding carboxylic acids is 1. The third-order valence-corrected chi connectivity index (χ3v) is 7.40. The summed E-state index contributed by atoms with van der Waals surface area (Å²) in [7, 11) is 0. The molecule has 5 rings (SSSR count). The molecule has 0 radical (unpaired) electrons. The summed E-state index contributed by atoms with van der Waals surface area (Å²) in [4.78, 5) is 15.6. The summed E-state index contributed by atoms with van der Waals surface area (Å²) in [6.45, 7) is 0.343. The number of hydrogen-bond acceptors (Lipinski definition) is 4. The van der Waals surface area contributed by atoms with Gasteiger partial charge in [-0.05, 0) is 54.8 Å². The lowest BCUT2D eigenvalue weighted by molar-refractivity contribution is -0.144. The van der Waals surface area contributed by atoms with Gasteiger partial charge in [-0.15, -0.1) is 5.10 Å². The van der Waals surface area contributed by atoms with Crippen LogP contribution in [-0.2, 0) is 4.79 Å². The van der Waals surface area contributed by atoms with Gasteiger partial charge in [0.25, 0.3) is 0 Å². The normalized spacial score (nSPS) is 23.7. The van der Waals surface area contributed by atoms with Gasteiger partial charge >= 0.3 is 0 Å². The molecule has 0 spiro atoms. The molecule has 6 nitrogen and oxygen atoms in total. The SMILES string of the molecule is O=C(C1CCCCC1)N1C[C@H](n2cc(-c3ccc(F)cc3)nn2)[C@@H](O)C[C@@H]1c1ccc(Cl)cc1. The van der Waals surface area contributed by atoms with Crippen molar-refractivity contribution in [3.8, 4) is 11.3 Å². The summed E-state index contributed by atoms with van der Waals surface area (Å²) in [5.41, 5.74) is 2.31. The molecule has 0 bridgehead atoms. The molecule has 8 heteroatoms. The number of rotatable bonds is 4. The number of aromatic nitrogens is 3. The number of piperidine rings is 1. The van der Waals surface area contributed by atoms with Crippen LogP contribution in [0.1, 0.15) is 56.2 Å². The van der Waals surface area contributed by atoms with Crippen molar-refractivity contribution in [2.45, 2.75) is 56.7 Å². The molecule has 3 atom stereocenters. The van der Waals surface area contributed by atoms with Crippen LogP contribution in [0, 0.1) is 11.7 Å². The largest absolute Gasteiger partial charge is 0.391 e. The van der Waals surface area contributed by atoms with Crippen LogP contribution in [0.2, 0.25) is 5.02 Å². The van der Waals surface area contributed by atoms with Crippen molar-refractivity contribution in [2.75, 3.05) is 6.54 Å². The topological polar surface area (TPSA) is 71.2 Å². The third-order valence-electron chi connectivity index (χ3n) is 7.15. The molecule has 1 N–H and O–H groups in total. The van der Waals surface area contributed by atoms with Gasteiger partial charge in [0.15, 0.2) is 0 Å². The van der Waals surface area contributed by atoms with E-state index in [0.29, 0.717) is 23.7 Å². The second-order valence-electron chi connectivity index (χ2n) is 9.35. The van der Waals surface area contributed by atoms with Gasteiger partial charge in [-0.25, -0.2) is 9.07 Å². The van der Waals surface area contributed by atoms with E-state index in [9.17, 15) is 14.3 Å². The van der Waals surface area contributed by atoms with Crippen molar-refractivity contribution in [1.82, 2.24) is 19.9 Å². The fourth-order valence-corrected chi connectivity index (χ4v) is 5.37. The van der Waals surface area contributed by atoms with Crippen molar-refractivity contribution in [1.29, 1.82) is 0 Å². The zero-order valence-corrected chi connectivity index (χ0v) is 19.6. The highest BCUT2D eigenvalue weighted by molar-refractivity contribution is 6.30. The van der Waals surface area contributed by atoms with Crippen molar-refractivity contribution in [3.05, 3.63) is 71.1 Å². The third kappa shape index (κ3) is 4.72. The van der Waals surface area contributed by atoms with E-state index >= 15 is 0 Å². The minimum atomic E-state index is -0.709. The van der Waals surface area contributed by atoms with E-state index in [0.717, 1.165) is 36.8 Å². The lowest BCUT2D eigenvalue weighted by Gasteiger charge is -2.44. The summed E-state index contributed by atoms with van der Waals surface area (Å²) in [5.74, 6) is -0.149. The van der Waals surface area contributed by atoms with E-state index in [4.69, 9.17) is 11.6 Å². The first-order valence-corrected chi connectivity index (χ1v) is 12.3. The summed E-state index contributed by atoms with van der Waals surface area (Å²) in [6.07, 6.45) is 6.60. The summed E-state index contributed by atoms with van der Waals surface area (Å²) in [6, 6.07) is 12.9. The number of aliphatic hydroxyl groups is 1. The second kappa shape index (κ2) is 9.84. The fraction of sp³-hybridized carbons (Fsp3) is 0.423. The highest BCUT2D eigenvalue weighted by Gasteiger charge is 2.41. The van der Waals surface area contributed by atoms with Gasteiger partial charge in [-0.3, -0.25) is 4.79 Å². The van der Waals surface area contributed by atoms with Gasteiger partial charge < -0.3 is 10.0 Å². The maximum atomic E-state index is 13.7. The highest BCUT2D eigenvalue weighted by Crippen LogP contribution is 2.39. The van der Waals surface area contributed by atoms with Crippen molar-refractivity contribution in [3.63, 3.8) is 0 Å². The van der Waals surface area contributed by atoms with Crippen LogP contribution in [0.15, 0.2) is 54.7 Å². The Balaban J connectivity index is 1.43. The average Bonchev–Trinajstić information content (AvgIpc) is 3.35. The zero-order chi connectivity index (χ0) is 23.7. The maximum Gasteiger partial charge on any atom is 0.226 e. The van der Waals surface area contributed by atoms with Crippen molar-refractivity contribution >= 4 is 17.5 Å². The number of likely N-dealkylation sites (tertiary alicyclic amines) is 1. The maximum absolute atomic E-state index is 13.7. The van der Waals surface area contributed by atoms with Crippen LogP contribution in [0.3, 0.4) is 0 Å². The molecule has 2 fully saturated rings. The molecule has 0 unspecified atom stereocenters. The van der Waals surface area contributed by atoms with E-state index in [1.54, 1.807) is 23.0 Å². The smallest absolute Gasteiger partial charge is 0.226 e. The number of nitrogens with zero attached hydrogens (tertiary/aromatic N) is 4. The molecule has 1 saturated carbocycles. The monoisotopic (exact) mass is 482 g/mol. The summed E-state index contributed by atoms with van der Waals surface area (Å²) < 4.78 is 14.9. The molecule has 1 aliphatic carbocycles. The Morgan fingerprint density at radius 1 is 1.03 bits per heavy atom. The molecule has 2 aromatic carbocycles. The van der Waals surface area contributed by atoms with Gasteiger partial charge in [0.2, 0.25) is 5.91 Å². The first kappa shape index (κ1) is 23.0.